The molecule has 18 heavy (non-hydrogen) atoms. The lowest BCUT2D eigenvalue weighted by molar-refractivity contribution is -0.0955. The lowest BCUT2D eigenvalue weighted by Gasteiger charge is -2.44. The molecule has 0 spiro atoms. The van der Waals surface area contributed by atoms with Crippen LogP contribution in [0.4, 0.5) is 0 Å². The fraction of sp³-hybridized carbons (Fsp3) is 0.643. The van der Waals surface area contributed by atoms with Crippen molar-refractivity contribution in [3.63, 3.8) is 0 Å². The van der Waals surface area contributed by atoms with Crippen LogP contribution in [-0.2, 0) is 11.3 Å². The monoisotopic (exact) mass is 250 g/mol. The van der Waals surface area contributed by atoms with Crippen molar-refractivity contribution in [2.75, 3.05) is 13.2 Å². The molecule has 1 atom stereocenters. The highest BCUT2D eigenvalue weighted by Crippen LogP contribution is 2.26. The van der Waals surface area contributed by atoms with Crippen molar-refractivity contribution in [3.05, 3.63) is 23.5 Å². The Labute approximate surface area is 109 Å². The summed E-state index contributed by atoms with van der Waals surface area (Å²) in [6, 6.07) is 3.54. The van der Waals surface area contributed by atoms with Gasteiger partial charge >= 0.3 is 0 Å². The quantitative estimate of drug-likeness (QED) is 0.873. The molecule has 0 saturated carbocycles. The molecule has 1 fully saturated rings. The Hall–Kier alpha value is -1.13. The Balaban J connectivity index is 2.18. The number of morpholine rings is 1. The van der Waals surface area contributed by atoms with Gasteiger partial charge in [0.25, 0.3) is 0 Å². The maximum atomic E-state index is 9.88. The minimum absolute atomic E-state index is 0.0234. The molecule has 0 unspecified atom stereocenters. The van der Waals surface area contributed by atoms with Gasteiger partial charge in [0.05, 0.1) is 18.4 Å². The van der Waals surface area contributed by atoms with Crippen molar-refractivity contribution >= 4 is 0 Å². The molecule has 0 amide bonds. The van der Waals surface area contributed by atoms with Crippen LogP contribution in [0.25, 0.3) is 0 Å². The number of aromatic hydroxyl groups is 1. The van der Waals surface area contributed by atoms with Crippen LogP contribution in [0.2, 0.25) is 0 Å². The molecule has 2 heterocycles. The average molecular weight is 250 g/mol. The van der Waals surface area contributed by atoms with E-state index in [4.69, 9.17) is 4.74 Å². The average Bonchev–Trinajstić information content (AvgIpc) is 2.29. The number of pyridine rings is 1. The second-order valence-electron chi connectivity index (χ2n) is 5.73. The van der Waals surface area contributed by atoms with Gasteiger partial charge in [0, 0.05) is 24.3 Å². The Morgan fingerprint density at radius 1 is 1.50 bits per heavy atom. The molecule has 1 aromatic heterocycles. The molecule has 2 rings (SSSR count). The molecule has 0 bridgehead atoms. The van der Waals surface area contributed by atoms with Crippen LogP contribution in [0.5, 0.6) is 5.75 Å². The lowest BCUT2D eigenvalue weighted by atomic mass is 10.0. The van der Waals surface area contributed by atoms with E-state index in [9.17, 15) is 5.11 Å². The van der Waals surface area contributed by atoms with Gasteiger partial charge in [0.15, 0.2) is 0 Å². The van der Waals surface area contributed by atoms with Crippen LogP contribution in [0.15, 0.2) is 12.1 Å². The van der Waals surface area contributed by atoms with Gasteiger partial charge in [-0.1, -0.05) is 0 Å². The predicted molar refractivity (Wildman–Crippen MR) is 70.5 cm³/mol. The molecular formula is C14H22N2O2. The van der Waals surface area contributed by atoms with E-state index in [1.807, 2.05) is 13.0 Å². The van der Waals surface area contributed by atoms with Crippen molar-refractivity contribution < 1.29 is 9.84 Å². The van der Waals surface area contributed by atoms with Crippen LogP contribution >= 0.6 is 0 Å². The smallest absolute Gasteiger partial charge is 0.138 e. The van der Waals surface area contributed by atoms with Crippen LogP contribution in [0, 0.1) is 6.92 Å². The number of hydrogen-bond acceptors (Lipinski definition) is 4. The SMILES string of the molecule is Cc1ccc(O)c(CN2C[C@@H](C)OCC2(C)C)n1. The first-order chi connectivity index (χ1) is 8.38. The molecule has 1 aromatic rings. The van der Waals surface area contributed by atoms with E-state index in [1.54, 1.807) is 6.07 Å². The van der Waals surface area contributed by atoms with E-state index in [2.05, 4.69) is 30.7 Å². The molecule has 1 aliphatic rings. The molecule has 0 radical (unpaired) electrons. The van der Waals surface area contributed by atoms with E-state index in [0.717, 1.165) is 17.9 Å². The predicted octanol–water partition coefficient (Wildman–Crippen LogP) is 2.09. The maximum Gasteiger partial charge on any atom is 0.138 e. The number of hydrogen-bond donors (Lipinski definition) is 1. The minimum atomic E-state index is -0.0234. The molecule has 100 valence electrons. The summed E-state index contributed by atoms with van der Waals surface area (Å²) in [5, 5.41) is 9.88. The first-order valence-corrected chi connectivity index (χ1v) is 6.40. The molecule has 0 aromatic carbocycles. The minimum Gasteiger partial charge on any atom is -0.506 e. The highest BCUT2D eigenvalue weighted by molar-refractivity contribution is 5.27. The van der Waals surface area contributed by atoms with Gasteiger partial charge in [0.2, 0.25) is 0 Å². The van der Waals surface area contributed by atoms with Gasteiger partial charge in [-0.2, -0.15) is 0 Å². The Bertz CT molecular complexity index is 432. The number of rotatable bonds is 2. The third kappa shape index (κ3) is 2.82. The van der Waals surface area contributed by atoms with Crippen LogP contribution in [0.1, 0.15) is 32.2 Å². The maximum absolute atomic E-state index is 9.88. The van der Waals surface area contributed by atoms with E-state index in [1.165, 1.54) is 0 Å². The summed E-state index contributed by atoms with van der Waals surface area (Å²) in [7, 11) is 0. The summed E-state index contributed by atoms with van der Waals surface area (Å²) in [5.41, 5.74) is 1.66. The fourth-order valence-corrected chi connectivity index (χ4v) is 2.23. The molecular weight excluding hydrogens is 228 g/mol. The molecule has 1 N–H and O–H groups in total. The summed E-state index contributed by atoms with van der Waals surface area (Å²) >= 11 is 0. The van der Waals surface area contributed by atoms with Crippen LogP contribution in [0.3, 0.4) is 0 Å². The second kappa shape index (κ2) is 4.86. The highest BCUT2D eigenvalue weighted by Gasteiger charge is 2.33. The normalized spacial score (nSPS) is 24.1. The number of aryl methyl sites for hydroxylation is 1. The lowest BCUT2D eigenvalue weighted by Crippen LogP contribution is -2.54. The summed E-state index contributed by atoms with van der Waals surface area (Å²) in [6.07, 6.45) is 0.227. The first-order valence-electron chi connectivity index (χ1n) is 6.40. The zero-order chi connectivity index (χ0) is 13.3. The van der Waals surface area contributed by atoms with E-state index in [-0.39, 0.29) is 17.4 Å². The second-order valence-corrected chi connectivity index (χ2v) is 5.73. The van der Waals surface area contributed by atoms with Gasteiger partial charge in [-0.3, -0.25) is 9.88 Å². The van der Waals surface area contributed by atoms with Crippen LogP contribution < -0.4 is 0 Å². The van der Waals surface area contributed by atoms with Crippen LogP contribution in [-0.4, -0.2) is 39.8 Å². The van der Waals surface area contributed by atoms with E-state index < -0.39 is 0 Å². The standard InChI is InChI=1S/C14H22N2O2/c1-10-5-6-13(17)12(15-10)8-16-7-11(2)18-9-14(16,3)4/h5-6,11,17H,7-9H2,1-4H3/t11-/m1/s1. The summed E-state index contributed by atoms with van der Waals surface area (Å²) in [5.74, 6) is 0.274. The van der Waals surface area contributed by atoms with Gasteiger partial charge in [-0.25, -0.2) is 0 Å². The number of ether oxygens (including phenoxy) is 1. The van der Waals surface area contributed by atoms with Gasteiger partial charge in [0.1, 0.15) is 5.75 Å². The molecule has 4 nitrogen and oxygen atoms in total. The zero-order valence-electron chi connectivity index (χ0n) is 11.6. The fourth-order valence-electron chi connectivity index (χ4n) is 2.23. The van der Waals surface area contributed by atoms with Gasteiger partial charge in [-0.05, 0) is 39.8 Å². The molecule has 1 saturated heterocycles. The zero-order valence-corrected chi connectivity index (χ0v) is 11.6. The summed E-state index contributed by atoms with van der Waals surface area (Å²) in [4.78, 5) is 6.75. The topological polar surface area (TPSA) is 45.6 Å². The summed E-state index contributed by atoms with van der Waals surface area (Å²) < 4.78 is 5.69. The number of aromatic nitrogens is 1. The largest absolute Gasteiger partial charge is 0.506 e. The van der Waals surface area contributed by atoms with E-state index in [0.29, 0.717) is 13.2 Å². The highest BCUT2D eigenvalue weighted by atomic mass is 16.5. The van der Waals surface area contributed by atoms with Gasteiger partial charge < -0.3 is 9.84 Å². The van der Waals surface area contributed by atoms with Crippen molar-refractivity contribution in [1.29, 1.82) is 0 Å². The van der Waals surface area contributed by atoms with Crippen molar-refractivity contribution in [1.82, 2.24) is 9.88 Å². The third-order valence-electron chi connectivity index (χ3n) is 3.48. The summed E-state index contributed by atoms with van der Waals surface area (Å²) in [6.45, 7) is 10.6. The number of nitrogens with zero attached hydrogens (tertiary/aromatic N) is 2. The third-order valence-corrected chi connectivity index (χ3v) is 3.48. The Morgan fingerprint density at radius 3 is 2.94 bits per heavy atom. The molecule has 0 aliphatic carbocycles. The van der Waals surface area contributed by atoms with E-state index >= 15 is 0 Å². The van der Waals surface area contributed by atoms with Crippen molar-refractivity contribution in [3.8, 4) is 5.75 Å². The van der Waals surface area contributed by atoms with Crippen molar-refractivity contribution in [2.45, 2.75) is 45.9 Å². The first kappa shape index (κ1) is 13.3. The molecule has 1 aliphatic heterocycles. The molecule has 4 heteroatoms. The Morgan fingerprint density at radius 2 is 2.22 bits per heavy atom. The van der Waals surface area contributed by atoms with Crippen molar-refractivity contribution in [2.24, 2.45) is 0 Å². The Kier molecular flexibility index (Phi) is 3.59. The van der Waals surface area contributed by atoms with Gasteiger partial charge in [-0.15, -0.1) is 0 Å².